The number of allylic oxidation sites excluding steroid dienone is 1. The lowest BCUT2D eigenvalue weighted by Gasteiger charge is -2.15. The van der Waals surface area contributed by atoms with Crippen molar-refractivity contribution >= 4 is 11.5 Å². The molecule has 1 aliphatic heterocycles. The van der Waals surface area contributed by atoms with Gasteiger partial charge in [0, 0.05) is 23.7 Å². The van der Waals surface area contributed by atoms with Crippen molar-refractivity contribution in [1.82, 2.24) is 14.8 Å². The Morgan fingerprint density at radius 2 is 1.80 bits per heavy atom. The molecule has 152 valence electrons. The standard InChI is InChI=1S/C22H20N4O4/c1-28-19-10-15(11-20(29-2)22(19)30-3)21(27)16-9-14(17-5-4-8-24-17)6-7-18(16)26-13-23-12-25-26/h4,6-13H,5H2,1-3H3. The summed E-state index contributed by atoms with van der Waals surface area (Å²) in [7, 11) is 4.54. The zero-order valence-corrected chi connectivity index (χ0v) is 16.8. The van der Waals surface area contributed by atoms with E-state index in [2.05, 4.69) is 15.1 Å². The summed E-state index contributed by atoms with van der Waals surface area (Å²) in [6, 6.07) is 8.87. The molecule has 0 spiro atoms. The van der Waals surface area contributed by atoms with E-state index in [0.717, 1.165) is 17.7 Å². The topological polar surface area (TPSA) is 87.8 Å². The number of carbonyl (C=O) groups is 1. The summed E-state index contributed by atoms with van der Waals surface area (Å²) in [5.41, 5.74) is 3.25. The Bertz CT molecular complexity index is 1120. The van der Waals surface area contributed by atoms with E-state index >= 15 is 0 Å². The highest BCUT2D eigenvalue weighted by Crippen LogP contribution is 2.39. The fraction of sp³-hybridized carbons (Fsp3) is 0.182. The lowest BCUT2D eigenvalue weighted by atomic mass is 9.96. The number of aromatic nitrogens is 3. The number of hydrogen-bond acceptors (Lipinski definition) is 7. The zero-order valence-electron chi connectivity index (χ0n) is 16.8. The van der Waals surface area contributed by atoms with Gasteiger partial charge in [0.2, 0.25) is 5.75 Å². The first kappa shape index (κ1) is 19.4. The Kier molecular flexibility index (Phi) is 5.30. The third kappa shape index (κ3) is 3.43. The molecule has 2 heterocycles. The van der Waals surface area contributed by atoms with Crippen molar-refractivity contribution in [3.8, 4) is 22.9 Å². The van der Waals surface area contributed by atoms with Crippen LogP contribution in [0.5, 0.6) is 17.2 Å². The maximum absolute atomic E-state index is 13.6. The van der Waals surface area contributed by atoms with E-state index < -0.39 is 0 Å². The van der Waals surface area contributed by atoms with Crippen LogP contribution in [0.4, 0.5) is 0 Å². The van der Waals surface area contributed by atoms with Crippen LogP contribution in [0.2, 0.25) is 0 Å². The van der Waals surface area contributed by atoms with Crippen LogP contribution in [-0.4, -0.2) is 47.6 Å². The average molecular weight is 404 g/mol. The van der Waals surface area contributed by atoms with Crippen LogP contribution in [0.15, 0.2) is 60.3 Å². The van der Waals surface area contributed by atoms with Crippen molar-refractivity contribution in [1.29, 1.82) is 0 Å². The smallest absolute Gasteiger partial charge is 0.203 e. The van der Waals surface area contributed by atoms with Crippen LogP contribution < -0.4 is 14.2 Å². The summed E-state index contributed by atoms with van der Waals surface area (Å²) in [6.45, 7) is 0. The molecule has 0 radical (unpaired) electrons. The molecule has 1 aliphatic rings. The van der Waals surface area contributed by atoms with Gasteiger partial charge in [-0.1, -0.05) is 12.1 Å². The van der Waals surface area contributed by atoms with Crippen LogP contribution in [0, 0.1) is 0 Å². The number of nitrogens with zero attached hydrogens (tertiary/aromatic N) is 4. The number of carbonyl (C=O) groups excluding carboxylic acids is 1. The molecule has 0 saturated heterocycles. The maximum Gasteiger partial charge on any atom is 0.203 e. The Balaban J connectivity index is 1.86. The second kappa shape index (κ2) is 8.20. The number of ketones is 1. The summed E-state index contributed by atoms with van der Waals surface area (Å²) in [5, 5.41) is 4.19. The lowest BCUT2D eigenvalue weighted by Crippen LogP contribution is -2.11. The van der Waals surface area contributed by atoms with E-state index in [4.69, 9.17) is 14.2 Å². The first-order valence-electron chi connectivity index (χ1n) is 9.22. The van der Waals surface area contributed by atoms with Crippen molar-refractivity contribution in [3.63, 3.8) is 0 Å². The van der Waals surface area contributed by atoms with E-state index in [9.17, 15) is 4.79 Å². The third-order valence-corrected chi connectivity index (χ3v) is 4.81. The fourth-order valence-corrected chi connectivity index (χ4v) is 3.35. The highest BCUT2D eigenvalue weighted by Gasteiger charge is 2.22. The van der Waals surface area contributed by atoms with Crippen molar-refractivity contribution in [2.75, 3.05) is 21.3 Å². The first-order valence-corrected chi connectivity index (χ1v) is 9.22. The Morgan fingerprint density at radius 3 is 2.37 bits per heavy atom. The first-order chi connectivity index (χ1) is 14.7. The molecule has 8 nitrogen and oxygen atoms in total. The van der Waals surface area contributed by atoms with Gasteiger partial charge in [-0.05, 0) is 29.8 Å². The predicted molar refractivity (Wildman–Crippen MR) is 111 cm³/mol. The van der Waals surface area contributed by atoms with Gasteiger partial charge >= 0.3 is 0 Å². The number of rotatable bonds is 7. The molecule has 30 heavy (non-hydrogen) atoms. The fourth-order valence-electron chi connectivity index (χ4n) is 3.35. The Labute approximate surface area is 173 Å². The lowest BCUT2D eigenvalue weighted by molar-refractivity contribution is 0.103. The number of aliphatic imine (C=N–C) groups is 1. The van der Waals surface area contributed by atoms with Gasteiger partial charge in [-0.3, -0.25) is 9.79 Å². The van der Waals surface area contributed by atoms with E-state index in [1.54, 1.807) is 29.3 Å². The Hall–Kier alpha value is -3.94. The minimum Gasteiger partial charge on any atom is -0.493 e. The van der Waals surface area contributed by atoms with E-state index in [-0.39, 0.29) is 5.78 Å². The third-order valence-electron chi connectivity index (χ3n) is 4.81. The van der Waals surface area contributed by atoms with Crippen LogP contribution >= 0.6 is 0 Å². The summed E-state index contributed by atoms with van der Waals surface area (Å²) in [5.74, 6) is 1.02. The quantitative estimate of drug-likeness (QED) is 0.562. The summed E-state index contributed by atoms with van der Waals surface area (Å²) in [6.07, 6.45) is 7.44. The maximum atomic E-state index is 13.6. The molecule has 4 rings (SSSR count). The zero-order chi connectivity index (χ0) is 21.1. The van der Waals surface area contributed by atoms with E-state index in [1.165, 1.54) is 27.7 Å². The number of ether oxygens (including phenoxy) is 3. The molecule has 0 saturated carbocycles. The van der Waals surface area contributed by atoms with Crippen LogP contribution in [-0.2, 0) is 0 Å². The second-order valence-electron chi connectivity index (χ2n) is 6.48. The molecule has 2 aromatic carbocycles. The van der Waals surface area contributed by atoms with Gasteiger partial charge in [0.05, 0.1) is 32.7 Å². The monoisotopic (exact) mass is 404 g/mol. The molecule has 3 aromatic rings. The molecule has 0 amide bonds. The van der Waals surface area contributed by atoms with Gasteiger partial charge in [0.15, 0.2) is 17.3 Å². The minimum atomic E-state index is -0.215. The van der Waals surface area contributed by atoms with E-state index in [1.807, 2.05) is 24.3 Å². The van der Waals surface area contributed by atoms with Gasteiger partial charge in [-0.2, -0.15) is 5.10 Å². The molecule has 0 bridgehead atoms. The molecule has 0 N–H and O–H groups in total. The molecule has 0 aliphatic carbocycles. The summed E-state index contributed by atoms with van der Waals surface area (Å²) >= 11 is 0. The minimum absolute atomic E-state index is 0.215. The number of hydrogen-bond donors (Lipinski definition) is 0. The summed E-state index contributed by atoms with van der Waals surface area (Å²) in [4.78, 5) is 22.0. The van der Waals surface area contributed by atoms with Gasteiger partial charge in [0.1, 0.15) is 12.7 Å². The molecular weight excluding hydrogens is 384 g/mol. The molecule has 0 atom stereocenters. The van der Waals surface area contributed by atoms with Gasteiger partial charge in [-0.25, -0.2) is 9.67 Å². The highest BCUT2D eigenvalue weighted by molar-refractivity contribution is 6.13. The molecule has 0 fully saturated rings. The second-order valence-corrected chi connectivity index (χ2v) is 6.48. The van der Waals surface area contributed by atoms with Crippen molar-refractivity contribution in [2.45, 2.75) is 6.42 Å². The van der Waals surface area contributed by atoms with E-state index in [0.29, 0.717) is 34.1 Å². The normalized spacial score (nSPS) is 12.6. The molecular formula is C22H20N4O4. The molecule has 0 unspecified atom stereocenters. The Morgan fingerprint density at radius 1 is 1.03 bits per heavy atom. The molecule has 8 heteroatoms. The number of benzene rings is 2. The van der Waals surface area contributed by atoms with Crippen molar-refractivity contribution < 1.29 is 19.0 Å². The van der Waals surface area contributed by atoms with Crippen LogP contribution in [0.3, 0.4) is 0 Å². The molecule has 1 aromatic heterocycles. The van der Waals surface area contributed by atoms with Gasteiger partial charge in [0.25, 0.3) is 0 Å². The van der Waals surface area contributed by atoms with Crippen molar-refractivity contribution in [3.05, 3.63) is 72.0 Å². The van der Waals surface area contributed by atoms with Gasteiger partial charge < -0.3 is 14.2 Å². The van der Waals surface area contributed by atoms with Gasteiger partial charge in [-0.15, -0.1) is 0 Å². The summed E-state index contributed by atoms with van der Waals surface area (Å²) < 4.78 is 17.7. The predicted octanol–water partition coefficient (Wildman–Crippen LogP) is 3.23. The SMILES string of the molecule is COc1cc(C(=O)c2cc(C3=NC=CC3)ccc2-n2cncn2)cc(OC)c1OC. The average Bonchev–Trinajstić information content (AvgIpc) is 3.51. The highest BCUT2D eigenvalue weighted by atomic mass is 16.5. The van der Waals surface area contributed by atoms with Crippen LogP contribution in [0.1, 0.15) is 27.9 Å². The van der Waals surface area contributed by atoms with Crippen LogP contribution in [0.25, 0.3) is 5.69 Å². The largest absolute Gasteiger partial charge is 0.493 e. The number of methoxy groups -OCH3 is 3. The van der Waals surface area contributed by atoms with Crippen molar-refractivity contribution in [2.24, 2.45) is 4.99 Å².